The van der Waals surface area contributed by atoms with E-state index in [1.807, 2.05) is 0 Å². The Kier molecular flexibility index (Phi) is 2.89. The fourth-order valence-corrected chi connectivity index (χ4v) is 6.76. The van der Waals surface area contributed by atoms with Crippen molar-refractivity contribution in [2.45, 2.75) is 73.1 Å². The van der Waals surface area contributed by atoms with Crippen molar-refractivity contribution in [2.24, 2.45) is 40.4 Å². The summed E-state index contributed by atoms with van der Waals surface area (Å²) in [6.45, 7) is 12.6. The standard InChI is InChI=1S/C18H32/c1-12(2)18(17(3,4)5)9-8-15-11-13-6-7-14(10-13)16(15)18/h12-16H,6-11H2,1-5H3. The van der Waals surface area contributed by atoms with E-state index in [2.05, 4.69) is 34.6 Å². The van der Waals surface area contributed by atoms with Crippen molar-refractivity contribution in [1.29, 1.82) is 0 Å². The molecule has 0 aromatic carbocycles. The lowest BCUT2D eigenvalue weighted by molar-refractivity contribution is -0.0565. The summed E-state index contributed by atoms with van der Waals surface area (Å²) in [5, 5.41) is 0. The van der Waals surface area contributed by atoms with Gasteiger partial charge in [0.25, 0.3) is 0 Å². The molecule has 0 heteroatoms. The fraction of sp³-hybridized carbons (Fsp3) is 1.00. The molecule has 0 spiro atoms. The minimum atomic E-state index is 0.482. The van der Waals surface area contributed by atoms with Crippen LogP contribution in [0.2, 0.25) is 0 Å². The van der Waals surface area contributed by atoms with Gasteiger partial charge in [-0.1, -0.05) is 41.0 Å². The first-order valence-corrected chi connectivity index (χ1v) is 8.36. The second-order valence-electron chi connectivity index (χ2n) is 8.94. The van der Waals surface area contributed by atoms with E-state index in [4.69, 9.17) is 0 Å². The molecular weight excluding hydrogens is 216 g/mol. The fourth-order valence-electron chi connectivity index (χ4n) is 6.76. The van der Waals surface area contributed by atoms with E-state index in [1.165, 1.54) is 12.8 Å². The molecule has 5 atom stereocenters. The molecule has 2 bridgehead atoms. The Bertz CT molecular complexity index is 319. The topological polar surface area (TPSA) is 0 Å². The highest BCUT2D eigenvalue weighted by Crippen LogP contribution is 2.68. The summed E-state index contributed by atoms with van der Waals surface area (Å²) in [5.41, 5.74) is 1.10. The van der Waals surface area contributed by atoms with Gasteiger partial charge in [0.05, 0.1) is 0 Å². The minimum Gasteiger partial charge on any atom is -0.0622 e. The molecule has 0 heterocycles. The van der Waals surface area contributed by atoms with E-state index in [0.29, 0.717) is 10.8 Å². The maximum absolute atomic E-state index is 2.52. The van der Waals surface area contributed by atoms with Gasteiger partial charge in [-0.15, -0.1) is 0 Å². The average Bonchev–Trinajstić information content (AvgIpc) is 2.81. The van der Waals surface area contributed by atoms with Crippen LogP contribution in [-0.4, -0.2) is 0 Å². The molecule has 5 unspecified atom stereocenters. The molecule has 0 radical (unpaired) electrons. The van der Waals surface area contributed by atoms with Crippen LogP contribution < -0.4 is 0 Å². The van der Waals surface area contributed by atoms with Gasteiger partial charge >= 0.3 is 0 Å². The summed E-state index contributed by atoms with van der Waals surface area (Å²) in [6.07, 6.45) is 9.30. The maximum Gasteiger partial charge on any atom is -0.0192 e. The van der Waals surface area contributed by atoms with E-state index in [0.717, 1.165) is 29.6 Å². The molecule has 0 aliphatic heterocycles. The molecule has 18 heavy (non-hydrogen) atoms. The van der Waals surface area contributed by atoms with Gasteiger partial charge in [-0.3, -0.25) is 0 Å². The van der Waals surface area contributed by atoms with E-state index < -0.39 is 0 Å². The Morgan fingerprint density at radius 1 is 0.944 bits per heavy atom. The molecule has 3 aliphatic rings. The highest BCUT2D eigenvalue weighted by Gasteiger charge is 2.60. The van der Waals surface area contributed by atoms with Crippen LogP contribution in [0.4, 0.5) is 0 Å². The Balaban J connectivity index is 2.00. The molecule has 0 saturated heterocycles. The van der Waals surface area contributed by atoms with Gasteiger partial charge in [0, 0.05) is 0 Å². The van der Waals surface area contributed by atoms with Gasteiger partial charge in [0.2, 0.25) is 0 Å². The van der Waals surface area contributed by atoms with Gasteiger partial charge in [0.15, 0.2) is 0 Å². The normalized spacial score (nSPS) is 47.7. The van der Waals surface area contributed by atoms with Gasteiger partial charge in [0.1, 0.15) is 0 Å². The third-order valence-corrected chi connectivity index (χ3v) is 7.18. The highest BCUT2D eigenvalue weighted by atomic mass is 14.6. The van der Waals surface area contributed by atoms with E-state index in [9.17, 15) is 0 Å². The van der Waals surface area contributed by atoms with Crippen LogP contribution in [0.25, 0.3) is 0 Å². The zero-order chi connectivity index (χ0) is 13.1. The number of rotatable bonds is 1. The summed E-state index contributed by atoms with van der Waals surface area (Å²) in [4.78, 5) is 0. The predicted molar refractivity (Wildman–Crippen MR) is 78.4 cm³/mol. The van der Waals surface area contributed by atoms with Crippen LogP contribution >= 0.6 is 0 Å². The van der Waals surface area contributed by atoms with E-state index >= 15 is 0 Å². The lowest BCUT2D eigenvalue weighted by Gasteiger charge is -2.54. The van der Waals surface area contributed by atoms with Crippen molar-refractivity contribution in [3.05, 3.63) is 0 Å². The lowest BCUT2D eigenvalue weighted by atomic mass is 9.51. The van der Waals surface area contributed by atoms with Crippen LogP contribution in [0.5, 0.6) is 0 Å². The average molecular weight is 248 g/mol. The lowest BCUT2D eigenvalue weighted by Crippen LogP contribution is -2.48. The highest BCUT2D eigenvalue weighted by molar-refractivity contribution is 5.09. The quantitative estimate of drug-likeness (QED) is 0.573. The monoisotopic (exact) mass is 248 g/mol. The summed E-state index contributed by atoms with van der Waals surface area (Å²) < 4.78 is 0. The van der Waals surface area contributed by atoms with Gasteiger partial charge in [-0.05, 0) is 72.5 Å². The summed E-state index contributed by atoms with van der Waals surface area (Å²) >= 11 is 0. The number of hydrogen-bond acceptors (Lipinski definition) is 0. The van der Waals surface area contributed by atoms with Crippen molar-refractivity contribution in [2.75, 3.05) is 0 Å². The van der Waals surface area contributed by atoms with Crippen molar-refractivity contribution in [3.8, 4) is 0 Å². The van der Waals surface area contributed by atoms with Crippen LogP contribution in [0.1, 0.15) is 73.1 Å². The third-order valence-electron chi connectivity index (χ3n) is 7.18. The molecule has 0 N–H and O–H groups in total. The Morgan fingerprint density at radius 3 is 2.11 bits per heavy atom. The molecule has 3 fully saturated rings. The zero-order valence-electron chi connectivity index (χ0n) is 13.1. The van der Waals surface area contributed by atoms with Crippen molar-refractivity contribution in [3.63, 3.8) is 0 Å². The molecule has 0 aromatic rings. The summed E-state index contributed by atoms with van der Waals surface area (Å²) in [7, 11) is 0. The van der Waals surface area contributed by atoms with Crippen LogP contribution in [-0.2, 0) is 0 Å². The molecule has 3 rings (SSSR count). The second-order valence-corrected chi connectivity index (χ2v) is 8.94. The Morgan fingerprint density at radius 2 is 1.56 bits per heavy atom. The molecule has 0 aromatic heterocycles. The van der Waals surface area contributed by atoms with Crippen molar-refractivity contribution >= 4 is 0 Å². The van der Waals surface area contributed by atoms with Crippen LogP contribution in [0, 0.1) is 40.4 Å². The predicted octanol–water partition coefficient (Wildman–Crippen LogP) is 5.52. The summed E-state index contributed by atoms with van der Waals surface area (Å²) in [6, 6.07) is 0. The largest absolute Gasteiger partial charge is 0.0622 e. The summed E-state index contributed by atoms with van der Waals surface area (Å²) in [5.74, 6) is 5.18. The van der Waals surface area contributed by atoms with E-state index in [1.54, 1.807) is 25.7 Å². The minimum absolute atomic E-state index is 0.482. The van der Waals surface area contributed by atoms with Gasteiger partial charge < -0.3 is 0 Å². The number of fused-ring (bicyclic) bond motifs is 4. The number of hydrogen-bond donors (Lipinski definition) is 0. The zero-order valence-corrected chi connectivity index (χ0v) is 13.1. The smallest absolute Gasteiger partial charge is 0.0192 e. The second kappa shape index (κ2) is 4.00. The first kappa shape index (κ1) is 13.0. The first-order chi connectivity index (χ1) is 8.36. The molecule has 3 aliphatic carbocycles. The molecule has 0 amide bonds. The maximum atomic E-state index is 2.52. The van der Waals surface area contributed by atoms with E-state index in [-0.39, 0.29) is 0 Å². The molecule has 3 saturated carbocycles. The Hall–Kier alpha value is 0. The van der Waals surface area contributed by atoms with Crippen molar-refractivity contribution in [1.82, 2.24) is 0 Å². The third kappa shape index (κ3) is 1.56. The SMILES string of the molecule is CC(C)C1(C(C)(C)C)CCC2CC3CCC(C3)C21. The molecule has 0 nitrogen and oxygen atoms in total. The van der Waals surface area contributed by atoms with Crippen LogP contribution in [0.3, 0.4) is 0 Å². The van der Waals surface area contributed by atoms with Crippen LogP contribution in [0.15, 0.2) is 0 Å². The first-order valence-electron chi connectivity index (χ1n) is 8.36. The van der Waals surface area contributed by atoms with Gasteiger partial charge in [-0.2, -0.15) is 0 Å². The van der Waals surface area contributed by atoms with Gasteiger partial charge in [-0.25, -0.2) is 0 Å². The molecular formula is C18H32. The molecule has 104 valence electrons. The Labute approximate surface area is 114 Å². The van der Waals surface area contributed by atoms with Crippen molar-refractivity contribution < 1.29 is 0 Å².